The van der Waals surface area contributed by atoms with E-state index in [-0.39, 0.29) is 11.3 Å². The number of carbonyl (C=O) groups excluding carboxylic acids is 1. The molecule has 2 aliphatic rings. The number of aliphatic carboxylic acids is 1. The number of nitrogens with one attached hydrogen (secondary N) is 1. The van der Waals surface area contributed by atoms with Crippen LogP contribution < -0.4 is 5.32 Å². The Balaban J connectivity index is 2.17. The van der Waals surface area contributed by atoms with Crippen LogP contribution in [0.25, 0.3) is 0 Å². The van der Waals surface area contributed by atoms with Gasteiger partial charge < -0.3 is 15.3 Å². The summed E-state index contributed by atoms with van der Waals surface area (Å²) in [5.41, 5.74) is -0.337. The van der Waals surface area contributed by atoms with Crippen molar-refractivity contribution in [1.29, 1.82) is 0 Å². The lowest BCUT2D eigenvalue weighted by Crippen LogP contribution is -2.55. The van der Waals surface area contributed by atoms with E-state index >= 15 is 0 Å². The molecule has 0 aliphatic carbocycles. The number of carboxylic acid groups (broad SMARTS) is 1. The third-order valence-corrected chi connectivity index (χ3v) is 4.74. The smallest absolute Gasteiger partial charge is 0.326 e. The standard InChI is InChI=1S/C14H24N2O3/c1-2-14(6-8-15-9-7-14)13(19)16-10-4-3-5-11(16)12(17)18/h11,15H,2-10H2,1H3,(H,17,18)/t11-/m0/s1. The van der Waals surface area contributed by atoms with Gasteiger partial charge in [-0.3, -0.25) is 4.79 Å². The summed E-state index contributed by atoms with van der Waals surface area (Å²) in [6, 6.07) is -0.612. The van der Waals surface area contributed by atoms with Crippen molar-refractivity contribution in [3.63, 3.8) is 0 Å². The fourth-order valence-electron chi connectivity index (χ4n) is 3.36. The first-order valence-corrected chi connectivity index (χ1v) is 7.35. The van der Waals surface area contributed by atoms with Gasteiger partial charge in [-0.2, -0.15) is 0 Å². The fraction of sp³-hybridized carbons (Fsp3) is 0.857. The van der Waals surface area contributed by atoms with Crippen LogP contribution in [0.5, 0.6) is 0 Å². The number of hydrogen-bond acceptors (Lipinski definition) is 3. The molecule has 2 heterocycles. The minimum absolute atomic E-state index is 0.0728. The third kappa shape index (κ3) is 2.76. The van der Waals surface area contributed by atoms with Crippen molar-refractivity contribution in [3.8, 4) is 0 Å². The highest BCUT2D eigenvalue weighted by atomic mass is 16.4. The summed E-state index contributed by atoms with van der Waals surface area (Å²) in [5, 5.41) is 12.6. The van der Waals surface area contributed by atoms with E-state index in [0.29, 0.717) is 13.0 Å². The third-order valence-electron chi connectivity index (χ3n) is 4.74. The highest BCUT2D eigenvalue weighted by molar-refractivity contribution is 5.87. The van der Waals surface area contributed by atoms with Crippen LogP contribution in [0, 0.1) is 5.41 Å². The molecular weight excluding hydrogens is 244 g/mol. The molecule has 19 heavy (non-hydrogen) atoms. The number of nitrogens with zero attached hydrogens (tertiary/aromatic N) is 1. The summed E-state index contributed by atoms with van der Waals surface area (Å²) in [5.74, 6) is -0.781. The first-order chi connectivity index (χ1) is 9.10. The molecule has 2 fully saturated rings. The van der Waals surface area contributed by atoms with Crippen molar-refractivity contribution in [2.24, 2.45) is 5.41 Å². The summed E-state index contributed by atoms with van der Waals surface area (Å²) in [4.78, 5) is 25.8. The van der Waals surface area contributed by atoms with Gasteiger partial charge in [0.15, 0.2) is 0 Å². The number of carbonyl (C=O) groups is 2. The maximum atomic E-state index is 12.9. The molecule has 2 rings (SSSR count). The summed E-state index contributed by atoms with van der Waals surface area (Å²) in [6.07, 6.45) is 4.88. The van der Waals surface area contributed by atoms with Crippen LogP contribution in [-0.4, -0.2) is 47.6 Å². The molecule has 0 radical (unpaired) electrons. The van der Waals surface area contributed by atoms with E-state index < -0.39 is 12.0 Å². The molecule has 2 N–H and O–H groups in total. The van der Waals surface area contributed by atoms with Gasteiger partial charge in [0.1, 0.15) is 6.04 Å². The zero-order chi connectivity index (χ0) is 13.9. The SMILES string of the molecule is CCC1(C(=O)N2CCCC[C@H]2C(=O)O)CCNCC1. The minimum atomic E-state index is -0.853. The fourth-order valence-corrected chi connectivity index (χ4v) is 3.36. The Morgan fingerprint density at radius 2 is 2.00 bits per heavy atom. The first kappa shape index (κ1) is 14.3. The molecule has 0 aromatic heterocycles. The summed E-state index contributed by atoms with van der Waals surface area (Å²) < 4.78 is 0. The Morgan fingerprint density at radius 3 is 2.58 bits per heavy atom. The quantitative estimate of drug-likeness (QED) is 0.808. The monoisotopic (exact) mass is 268 g/mol. The van der Waals surface area contributed by atoms with Crippen LogP contribution in [0.1, 0.15) is 45.4 Å². The zero-order valence-corrected chi connectivity index (χ0v) is 11.7. The normalized spacial score (nSPS) is 27.0. The van der Waals surface area contributed by atoms with Crippen molar-refractivity contribution in [2.75, 3.05) is 19.6 Å². The predicted octanol–water partition coefficient (Wildman–Crippen LogP) is 1.23. The lowest BCUT2D eigenvalue weighted by molar-refractivity contribution is -0.158. The van der Waals surface area contributed by atoms with Gasteiger partial charge in [-0.25, -0.2) is 4.79 Å². The van der Waals surface area contributed by atoms with Crippen LogP contribution in [-0.2, 0) is 9.59 Å². The maximum Gasteiger partial charge on any atom is 0.326 e. The van der Waals surface area contributed by atoms with Crippen LogP contribution in [0.3, 0.4) is 0 Å². The van der Waals surface area contributed by atoms with E-state index in [9.17, 15) is 14.7 Å². The topological polar surface area (TPSA) is 69.6 Å². The van der Waals surface area contributed by atoms with Gasteiger partial charge in [-0.05, 0) is 51.6 Å². The van der Waals surface area contributed by atoms with Gasteiger partial charge in [-0.15, -0.1) is 0 Å². The summed E-state index contributed by atoms with van der Waals surface area (Å²) in [7, 11) is 0. The predicted molar refractivity (Wildman–Crippen MR) is 71.8 cm³/mol. The van der Waals surface area contributed by atoms with E-state index in [0.717, 1.165) is 45.2 Å². The Hall–Kier alpha value is -1.10. The molecule has 5 nitrogen and oxygen atoms in total. The zero-order valence-electron chi connectivity index (χ0n) is 11.7. The molecule has 0 aromatic carbocycles. The average Bonchev–Trinajstić information content (AvgIpc) is 2.47. The van der Waals surface area contributed by atoms with Crippen LogP contribution in [0.2, 0.25) is 0 Å². The van der Waals surface area contributed by atoms with Crippen molar-refractivity contribution in [2.45, 2.75) is 51.5 Å². The summed E-state index contributed by atoms with van der Waals surface area (Å²) >= 11 is 0. The van der Waals surface area contributed by atoms with Gasteiger partial charge >= 0.3 is 5.97 Å². The molecule has 1 atom stereocenters. The second-order valence-electron chi connectivity index (χ2n) is 5.73. The molecule has 0 bridgehead atoms. The molecule has 0 saturated carbocycles. The number of piperidine rings is 2. The molecule has 0 spiro atoms. The first-order valence-electron chi connectivity index (χ1n) is 7.35. The van der Waals surface area contributed by atoms with Gasteiger partial charge in [0.05, 0.1) is 5.41 Å². The second-order valence-corrected chi connectivity index (χ2v) is 5.73. The lowest BCUT2D eigenvalue weighted by Gasteiger charge is -2.43. The van der Waals surface area contributed by atoms with Crippen LogP contribution >= 0.6 is 0 Å². The molecule has 1 amide bonds. The Morgan fingerprint density at radius 1 is 1.32 bits per heavy atom. The largest absolute Gasteiger partial charge is 0.480 e. The minimum Gasteiger partial charge on any atom is -0.480 e. The van der Waals surface area contributed by atoms with Gasteiger partial charge in [0, 0.05) is 6.54 Å². The average molecular weight is 268 g/mol. The molecule has 2 saturated heterocycles. The molecule has 5 heteroatoms. The van der Waals surface area contributed by atoms with E-state index in [1.165, 1.54) is 0 Å². The van der Waals surface area contributed by atoms with Crippen molar-refractivity contribution < 1.29 is 14.7 Å². The van der Waals surface area contributed by atoms with Crippen molar-refractivity contribution >= 4 is 11.9 Å². The van der Waals surface area contributed by atoms with E-state index in [4.69, 9.17) is 0 Å². The van der Waals surface area contributed by atoms with E-state index in [2.05, 4.69) is 5.32 Å². The molecular formula is C14H24N2O3. The van der Waals surface area contributed by atoms with Crippen LogP contribution in [0.15, 0.2) is 0 Å². The molecule has 0 unspecified atom stereocenters. The lowest BCUT2D eigenvalue weighted by atomic mass is 9.74. The molecule has 0 aromatic rings. The van der Waals surface area contributed by atoms with E-state index in [1.54, 1.807) is 4.90 Å². The van der Waals surface area contributed by atoms with Gasteiger partial charge in [-0.1, -0.05) is 6.92 Å². The van der Waals surface area contributed by atoms with Crippen molar-refractivity contribution in [1.82, 2.24) is 10.2 Å². The highest BCUT2D eigenvalue weighted by Crippen LogP contribution is 2.36. The van der Waals surface area contributed by atoms with Crippen molar-refractivity contribution in [3.05, 3.63) is 0 Å². The Labute approximate surface area is 114 Å². The maximum absolute atomic E-state index is 12.9. The second kappa shape index (κ2) is 5.90. The molecule has 2 aliphatic heterocycles. The van der Waals surface area contributed by atoms with E-state index in [1.807, 2.05) is 6.92 Å². The van der Waals surface area contributed by atoms with Gasteiger partial charge in [0.25, 0.3) is 0 Å². The van der Waals surface area contributed by atoms with Crippen LogP contribution in [0.4, 0.5) is 0 Å². The Bertz CT molecular complexity index is 351. The number of hydrogen-bond donors (Lipinski definition) is 2. The van der Waals surface area contributed by atoms with Gasteiger partial charge in [0.2, 0.25) is 5.91 Å². The highest BCUT2D eigenvalue weighted by Gasteiger charge is 2.44. The Kier molecular flexibility index (Phi) is 4.45. The number of amides is 1. The number of likely N-dealkylation sites (tertiary alicyclic amines) is 1. The number of rotatable bonds is 3. The number of carboxylic acids is 1. The molecule has 108 valence electrons. The summed E-state index contributed by atoms with van der Waals surface area (Å²) in [6.45, 7) is 4.35.